The number of hydrogen-bond acceptors (Lipinski definition) is 4. The standard InChI is InChI=1S/C9H9ClN4S/c1-3-4-14-8-6(5-11-14)7(10)12-9(13-8)15-2/h3,5H,1,4H2,2H3. The molecule has 0 fully saturated rings. The number of allylic oxidation sites excluding steroid dienone is 1. The molecule has 0 saturated heterocycles. The number of thioether (sulfide) groups is 1. The van der Waals surface area contributed by atoms with Crippen LogP contribution in [0, 0.1) is 0 Å². The van der Waals surface area contributed by atoms with Crippen molar-refractivity contribution in [3.05, 3.63) is 24.0 Å². The van der Waals surface area contributed by atoms with Crippen molar-refractivity contribution in [3.63, 3.8) is 0 Å². The number of rotatable bonds is 3. The van der Waals surface area contributed by atoms with Gasteiger partial charge in [-0.3, -0.25) is 0 Å². The maximum absolute atomic E-state index is 6.01. The second-order valence-corrected chi connectivity index (χ2v) is 3.99. The fourth-order valence-corrected chi connectivity index (χ4v) is 1.87. The summed E-state index contributed by atoms with van der Waals surface area (Å²) >= 11 is 7.47. The van der Waals surface area contributed by atoms with Gasteiger partial charge in [0.1, 0.15) is 5.15 Å². The van der Waals surface area contributed by atoms with Gasteiger partial charge >= 0.3 is 0 Å². The van der Waals surface area contributed by atoms with E-state index in [1.807, 2.05) is 6.26 Å². The number of halogens is 1. The van der Waals surface area contributed by atoms with E-state index >= 15 is 0 Å². The molecule has 2 rings (SSSR count). The average molecular weight is 241 g/mol. The molecule has 0 aromatic carbocycles. The van der Waals surface area contributed by atoms with Gasteiger partial charge in [-0.05, 0) is 6.26 Å². The van der Waals surface area contributed by atoms with Gasteiger partial charge in [0.25, 0.3) is 0 Å². The molecule has 0 aliphatic heterocycles. The van der Waals surface area contributed by atoms with Crippen LogP contribution in [0.4, 0.5) is 0 Å². The molecule has 6 heteroatoms. The van der Waals surface area contributed by atoms with E-state index in [1.165, 1.54) is 11.8 Å². The first-order valence-electron chi connectivity index (χ1n) is 4.30. The summed E-state index contributed by atoms with van der Waals surface area (Å²) < 4.78 is 1.75. The first-order chi connectivity index (χ1) is 7.26. The molecule has 4 nitrogen and oxygen atoms in total. The summed E-state index contributed by atoms with van der Waals surface area (Å²) in [6.07, 6.45) is 5.35. The second-order valence-electron chi connectivity index (χ2n) is 2.85. The van der Waals surface area contributed by atoms with Crippen LogP contribution in [0.1, 0.15) is 0 Å². The van der Waals surface area contributed by atoms with Gasteiger partial charge in [-0.25, -0.2) is 14.6 Å². The molecule has 0 amide bonds. The van der Waals surface area contributed by atoms with Crippen molar-refractivity contribution in [2.45, 2.75) is 11.7 Å². The molecule has 0 spiro atoms. The Morgan fingerprint density at radius 1 is 1.60 bits per heavy atom. The minimum absolute atomic E-state index is 0.444. The van der Waals surface area contributed by atoms with E-state index < -0.39 is 0 Å². The van der Waals surface area contributed by atoms with Crippen molar-refractivity contribution in [2.24, 2.45) is 0 Å². The molecule has 0 N–H and O–H groups in total. The maximum atomic E-state index is 6.01. The predicted molar refractivity (Wildman–Crippen MR) is 62.3 cm³/mol. The van der Waals surface area contributed by atoms with Crippen LogP contribution >= 0.6 is 23.4 Å². The molecular formula is C9H9ClN4S. The summed E-state index contributed by atoms with van der Waals surface area (Å²) in [5.41, 5.74) is 0.749. The van der Waals surface area contributed by atoms with Gasteiger partial charge in [0.2, 0.25) is 0 Å². The molecule has 0 unspecified atom stereocenters. The maximum Gasteiger partial charge on any atom is 0.190 e. The molecule has 2 aromatic heterocycles. The third-order valence-corrected chi connectivity index (χ3v) is 2.75. The summed E-state index contributed by atoms with van der Waals surface area (Å²) in [5.74, 6) is 0. The van der Waals surface area contributed by atoms with Crippen molar-refractivity contribution in [1.82, 2.24) is 19.7 Å². The number of aromatic nitrogens is 4. The molecule has 15 heavy (non-hydrogen) atoms. The summed E-state index contributed by atoms with van der Waals surface area (Å²) in [6.45, 7) is 4.28. The van der Waals surface area contributed by atoms with E-state index in [-0.39, 0.29) is 0 Å². The molecule has 0 aliphatic carbocycles. The fourth-order valence-electron chi connectivity index (χ4n) is 1.25. The Bertz CT molecular complexity index is 508. The van der Waals surface area contributed by atoms with Crippen LogP contribution in [0.15, 0.2) is 24.0 Å². The summed E-state index contributed by atoms with van der Waals surface area (Å²) in [7, 11) is 0. The Morgan fingerprint density at radius 3 is 3.07 bits per heavy atom. The van der Waals surface area contributed by atoms with Crippen LogP contribution in [0.25, 0.3) is 11.0 Å². The zero-order chi connectivity index (χ0) is 10.8. The number of hydrogen-bond donors (Lipinski definition) is 0. The van der Waals surface area contributed by atoms with E-state index in [0.29, 0.717) is 16.9 Å². The molecule has 0 aliphatic rings. The highest BCUT2D eigenvalue weighted by Gasteiger charge is 2.09. The molecule has 0 radical (unpaired) electrons. The Balaban J connectivity index is 2.66. The van der Waals surface area contributed by atoms with Gasteiger partial charge in [0.05, 0.1) is 18.1 Å². The van der Waals surface area contributed by atoms with Crippen molar-refractivity contribution in [1.29, 1.82) is 0 Å². The minimum Gasteiger partial charge on any atom is -0.243 e. The van der Waals surface area contributed by atoms with Crippen molar-refractivity contribution >= 4 is 34.4 Å². The Kier molecular flexibility index (Phi) is 2.93. The zero-order valence-corrected chi connectivity index (χ0v) is 9.72. The molecule has 0 saturated carbocycles. The van der Waals surface area contributed by atoms with Gasteiger partial charge in [0, 0.05) is 0 Å². The van der Waals surface area contributed by atoms with Crippen molar-refractivity contribution in [2.75, 3.05) is 6.26 Å². The summed E-state index contributed by atoms with van der Waals surface area (Å²) in [5, 5.41) is 6.04. The lowest BCUT2D eigenvalue weighted by molar-refractivity contribution is 0.715. The van der Waals surface area contributed by atoms with Crippen LogP contribution in [-0.4, -0.2) is 26.0 Å². The highest BCUT2D eigenvalue weighted by Crippen LogP contribution is 2.22. The molecular weight excluding hydrogens is 232 g/mol. The highest BCUT2D eigenvalue weighted by atomic mass is 35.5. The monoisotopic (exact) mass is 240 g/mol. The number of nitrogens with zero attached hydrogens (tertiary/aromatic N) is 4. The van der Waals surface area contributed by atoms with E-state index in [1.54, 1.807) is 17.0 Å². The van der Waals surface area contributed by atoms with Crippen molar-refractivity contribution in [3.8, 4) is 0 Å². The highest BCUT2D eigenvalue weighted by molar-refractivity contribution is 7.98. The SMILES string of the molecule is C=CCn1ncc2c(Cl)nc(SC)nc21. The quantitative estimate of drug-likeness (QED) is 0.358. The largest absolute Gasteiger partial charge is 0.243 e. The first-order valence-corrected chi connectivity index (χ1v) is 5.90. The van der Waals surface area contributed by atoms with Gasteiger partial charge in [-0.2, -0.15) is 5.10 Å². The smallest absolute Gasteiger partial charge is 0.190 e. The summed E-state index contributed by atoms with van der Waals surface area (Å²) in [6, 6.07) is 0. The molecule has 0 atom stereocenters. The van der Waals surface area contributed by atoms with Crippen molar-refractivity contribution < 1.29 is 0 Å². The lowest BCUT2D eigenvalue weighted by atomic mass is 10.4. The molecule has 2 heterocycles. The lowest BCUT2D eigenvalue weighted by Gasteiger charge is -2.00. The van der Waals surface area contributed by atoms with Crippen LogP contribution in [0.3, 0.4) is 0 Å². The third-order valence-electron chi connectivity index (χ3n) is 1.91. The van der Waals surface area contributed by atoms with Gasteiger partial charge < -0.3 is 0 Å². The van der Waals surface area contributed by atoms with E-state index in [0.717, 1.165) is 11.0 Å². The minimum atomic E-state index is 0.444. The third kappa shape index (κ3) is 1.85. The van der Waals surface area contributed by atoms with E-state index in [2.05, 4.69) is 21.6 Å². The molecule has 78 valence electrons. The van der Waals surface area contributed by atoms with Crippen LogP contribution in [-0.2, 0) is 6.54 Å². The van der Waals surface area contributed by atoms with Crippen LogP contribution < -0.4 is 0 Å². The van der Waals surface area contributed by atoms with Gasteiger partial charge in [-0.1, -0.05) is 29.4 Å². The average Bonchev–Trinajstić information content (AvgIpc) is 2.63. The summed E-state index contributed by atoms with van der Waals surface area (Å²) in [4.78, 5) is 8.48. The predicted octanol–water partition coefficient (Wildman–Crippen LogP) is 2.39. The van der Waals surface area contributed by atoms with Crippen LogP contribution in [0.2, 0.25) is 5.15 Å². The van der Waals surface area contributed by atoms with Gasteiger partial charge in [-0.15, -0.1) is 6.58 Å². The molecule has 2 aromatic rings. The zero-order valence-electron chi connectivity index (χ0n) is 8.14. The fraction of sp³-hybridized carbons (Fsp3) is 0.222. The topological polar surface area (TPSA) is 43.6 Å². The lowest BCUT2D eigenvalue weighted by Crippen LogP contribution is -1.99. The van der Waals surface area contributed by atoms with Crippen LogP contribution in [0.5, 0.6) is 0 Å². The number of fused-ring (bicyclic) bond motifs is 1. The first kappa shape index (κ1) is 10.4. The molecule has 0 bridgehead atoms. The van der Waals surface area contributed by atoms with E-state index in [9.17, 15) is 0 Å². The Morgan fingerprint density at radius 2 is 2.40 bits per heavy atom. The normalized spacial score (nSPS) is 10.8. The Hall–Kier alpha value is -1.07. The van der Waals surface area contributed by atoms with Gasteiger partial charge in [0.15, 0.2) is 10.8 Å². The van der Waals surface area contributed by atoms with E-state index in [4.69, 9.17) is 11.6 Å². The Labute approximate surface area is 96.4 Å². The second kappa shape index (κ2) is 4.20.